The van der Waals surface area contributed by atoms with E-state index in [4.69, 9.17) is 22.4 Å². The van der Waals surface area contributed by atoms with Crippen LogP contribution in [0.25, 0.3) is 0 Å². The van der Waals surface area contributed by atoms with Crippen molar-refractivity contribution in [1.82, 2.24) is 0 Å². The molecule has 0 aromatic heterocycles. The van der Waals surface area contributed by atoms with E-state index in [9.17, 15) is 0 Å². The quantitative estimate of drug-likeness (QED) is 0.303. The number of nitrogens with one attached hydrogen (secondary N) is 2. The minimum Gasteiger partial charge on any atom is -0.415 e. The van der Waals surface area contributed by atoms with Gasteiger partial charge in [-0.1, -0.05) is 44.7 Å². The van der Waals surface area contributed by atoms with Crippen molar-refractivity contribution in [3.8, 4) is 24.7 Å². The van der Waals surface area contributed by atoms with Crippen LogP contribution >= 0.6 is 0 Å². The molecule has 0 radical (unpaired) electrons. The first-order valence-corrected chi connectivity index (χ1v) is 13.4. The van der Waals surface area contributed by atoms with Crippen molar-refractivity contribution >= 4 is 19.7 Å². The van der Waals surface area contributed by atoms with E-state index >= 15 is 0 Å². The summed E-state index contributed by atoms with van der Waals surface area (Å²) in [5.41, 5.74) is 3.74. The molecule has 5 heteroatoms. The molecule has 0 saturated carbocycles. The monoisotopic (exact) mass is 436 g/mol. The van der Waals surface area contributed by atoms with Gasteiger partial charge in [-0.05, 0) is 54.5 Å². The lowest BCUT2D eigenvalue weighted by atomic mass is 10.2. The number of terminal acetylenes is 2. The second-order valence-corrected chi connectivity index (χ2v) is 13.4. The van der Waals surface area contributed by atoms with Crippen LogP contribution in [0.15, 0.2) is 48.5 Å². The fraction of sp³-hybridized carbons (Fsp3) is 0.385. The number of aliphatic hydroxyl groups is 1. The Labute approximate surface area is 189 Å². The van der Waals surface area contributed by atoms with Gasteiger partial charge in [0.1, 0.15) is 0 Å². The standard InChI is InChI=1S/C16H25NOSi.C10H11NO/c1-7-14-9-8-10-15(13-14)17-11-12-18-19(5,6)16(2,3)4;1-2-9-4-3-5-10(8-9)11-6-7-12/h1,8-10,13,17H,11-12H2,2-6H3;1,3-5,8,11-12H,6-7H2. The van der Waals surface area contributed by atoms with E-state index < -0.39 is 8.32 Å². The summed E-state index contributed by atoms with van der Waals surface area (Å²) in [5.74, 6) is 5.18. The molecule has 0 aliphatic carbocycles. The smallest absolute Gasteiger partial charge is 0.192 e. The summed E-state index contributed by atoms with van der Waals surface area (Å²) in [6, 6.07) is 15.4. The minimum atomic E-state index is -1.63. The molecular formula is C26H36N2O2Si. The van der Waals surface area contributed by atoms with Crippen molar-refractivity contribution in [3.63, 3.8) is 0 Å². The second-order valence-electron chi connectivity index (χ2n) is 8.64. The molecule has 166 valence electrons. The Hall–Kier alpha value is -2.70. The molecule has 2 aromatic rings. The molecule has 0 unspecified atom stereocenters. The summed E-state index contributed by atoms with van der Waals surface area (Å²) in [6.45, 7) is 13.5. The lowest BCUT2D eigenvalue weighted by Crippen LogP contribution is -2.41. The molecule has 2 rings (SSSR count). The molecule has 0 aliphatic heterocycles. The Bertz CT molecular complexity index is 889. The van der Waals surface area contributed by atoms with Gasteiger partial charge in [0.15, 0.2) is 8.32 Å². The van der Waals surface area contributed by atoms with E-state index in [0.29, 0.717) is 6.54 Å². The van der Waals surface area contributed by atoms with Crippen LogP contribution in [0.2, 0.25) is 18.1 Å². The molecular weight excluding hydrogens is 400 g/mol. The van der Waals surface area contributed by atoms with Crippen molar-refractivity contribution in [1.29, 1.82) is 0 Å². The summed E-state index contributed by atoms with van der Waals surface area (Å²) in [4.78, 5) is 0. The average Bonchev–Trinajstić information content (AvgIpc) is 2.75. The second kappa shape index (κ2) is 12.9. The van der Waals surface area contributed by atoms with Gasteiger partial charge in [0, 0.05) is 35.6 Å². The third-order valence-electron chi connectivity index (χ3n) is 5.20. The van der Waals surface area contributed by atoms with Gasteiger partial charge in [-0.2, -0.15) is 0 Å². The van der Waals surface area contributed by atoms with Crippen LogP contribution in [0.1, 0.15) is 31.9 Å². The van der Waals surface area contributed by atoms with Gasteiger partial charge in [-0.3, -0.25) is 0 Å². The highest BCUT2D eigenvalue weighted by Crippen LogP contribution is 2.36. The van der Waals surface area contributed by atoms with Crippen molar-refractivity contribution < 1.29 is 9.53 Å². The topological polar surface area (TPSA) is 53.5 Å². The average molecular weight is 437 g/mol. The highest BCUT2D eigenvalue weighted by atomic mass is 28.4. The molecule has 0 bridgehead atoms. The van der Waals surface area contributed by atoms with Crippen LogP contribution in [0.3, 0.4) is 0 Å². The first-order chi connectivity index (χ1) is 14.6. The Morgan fingerprint density at radius 3 is 1.81 bits per heavy atom. The van der Waals surface area contributed by atoms with E-state index in [0.717, 1.165) is 35.7 Å². The fourth-order valence-electron chi connectivity index (χ4n) is 2.36. The summed E-state index contributed by atoms with van der Waals surface area (Å²) in [7, 11) is -1.63. The normalized spacial score (nSPS) is 10.8. The van der Waals surface area contributed by atoms with E-state index in [1.165, 1.54) is 0 Å². The number of rotatable bonds is 8. The largest absolute Gasteiger partial charge is 0.415 e. The lowest BCUT2D eigenvalue weighted by Gasteiger charge is -2.36. The Kier molecular flexibility index (Phi) is 10.9. The molecule has 4 nitrogen and oxygen atoms in total. The first kappa shape index (κ1) is 26.3. The van der Waals surface area contributed by atoms with Gasteiger partial charge in [0.2, 0.25) is 0 Å². The molecule has 31 heavy (non-hydrogen) atoms. The maximum absolute atomic E-state index is 8.55. The van der Waals surface area contributed by atoms with Crippen LogP contribution in [0.5, 0.6) is 0 Å². The zero-order chi connectivity index (χ0) is 23.3. The Balaban J connectivity index is 0.000000343. The number of hydrogen-bond acceptors (Lipinski definition) is 4. The molecule has 0 fully saturated rings. The van der Waals surface area contributed by atoms with Crippen LogP contribution < -0.4 is 10.6 Å². The first-order valence-electron chi connectivity index (χ1n) is 10.5. The summed E-state index contributed by atoms with van der Waals surface area (Å²) >= 11 is 0. The summed E-state index contributed by atoms with van der Waals surface area (Å²) < 4.78 is 6.11. The van der Waals surface area contributed by atoms with Crippen molar-refractivity contribution in [3.05, 3.63) is 59.7 Å². The number of anilines is 2. The van der Waals surface area contributed by atoms with Gasteiger partial charge >= 0.3 is 0 Å². The maximum Gasteiger partial charge on any atom is 0.192 e. The Morgan fingerprint density at radius 1 is 0.903 bits per heavy atom. The molecule has 0 aliphatic rings. The zero-order valence-corrected chi connectivity index (χ0v) is 20.5. The molecule has 2 aromatic carbocycles. The van der Waals surface area contributed by atoms with Crippen molar-refractivity contribution in [2.24, 2.45) is 0 Å². The minimum absolute atomic E-state index is 0.125. The van der Waals surface area contributed by atoms with E-state index in [2.05, 4.69) is 56.3 Å². The van der Waals surface area contributed by atoms with Crippen molar-refractivity contribution in [2.75, 3.05) is 36.9 Å². The molecule has 0 heterocycles. The van der Waals surface area contributed by atoms with Gasteiger partial charge < -0.3 is 20.2 Å². The SMILES string of the molecule is C#Cc1cccc(NCCO)c1.C#Cc1cccc(NCCO[Si](C)(C)C(C)(C)C)c1. The number of hydrogen-bond donors (Lipinski definition) is 3. The van der Waals surface area contributed by atoms with Crippen molar-refractivity contribution in [2.45, 2.75) is 38.9 Å². The van der Waals surface area contributed by atoms with E-state index in [1.807, 2.05) is 48.5 Å². The molecule has 0 amide bonds. The molecule has 3 N–H and O–H groups in total. The van der Waals surface area contributed by atoms with Gasteiger partial charge in [-0.15, -0.1) is 12.8 Å². The van der Waals surface area contributed by atoms with E-state index in [-0.39, 0.29) is 11.6 Å². The van der Waals surface area contributed by atoms with Gasteiger partial charge in [0.25, 0.3) is 0 Å². The predicted octanol–water partition coefficient (Wildman–Crippen LogP) is 5.17. The van der Waals surface area contributed by atoms with Crippen LogP contribution in [-0.2, 0) is 4.43 Å². The van der Waals surface area contributed by atoms with Crippen LogP contribution in [0.4, 0.5) is 11.4 Å². The summed E-state index contributed by atoms with van der Waals surface area (Å²) in [5, 5.41) is 15.2. The van der Waals surface area contributed by atoms with E-state index in [1.54, 1.807) is 0 Å². The highest BCUT2D eigenvalue weighted by Gasteiger charge is 2.36. The third-order valence-corrected chi connectivity index (χ3v) is 9.74. The van der Waals surface area contributed by atoms with Gasteiger partial charge in [-0.25, -0.2) is 0 Å². The molecule has 0 spiro atoms. The molecule has 0 saturated heterocycles. The Morgan fingerprint density at radius 2 is 1.39 bits per heavy atom. The number of benzene rings is 2. The maximum atomic E-state index is 8.55. The fourth-order valence-corrected chi connectivity index (χ4v) is 3.40. The van der Waals surface area contributed by atoms with Crippen LogP contribution in [-0.4, -0.2) is 39.7 Å². The summed E-state index contributed by atoms with van der Waals surface area (Å²) in [6.07, 6.45) is 10.6. The third kappa shape index (κ3) is 9.76. The highest BCUT2D eigenvalue weighted by molar-refractivity contribution is 6.74. The van der Waals surface area contributed by atoms with Crippen LogP contribution in [0, 0.1) is 24.7 Å². The van der Waals surface area contributed by atoms with Gasteiger partial charge in [0.05, 0.1) is 13.2 Å². The zero-order valence-electron chi connectivity index (χ0n) is 19.5. The number of aliphatic hydroxyl groups excluding tert-OH is 1. The molecule has 0 atom stereocenters. The predicted molar refractivity (Wildman–Crippen MR) is 136 cm³/mol. The lowest BCUT2D eigenvalue weighted by molar-refractivity contribution is 0.301.